The molecule has 388 valence electrons. The Morgan fingerprint density at radius 3 is 1.42 bits per heavy atom. The molecule has 0 radical (unpaired) electrons. The van der Waals surface area contributed by atoms with E-state index in [1.54, 1.807) is 24.3 Å². The summed E-state index contributed by atoms with van der Waals surface area (Å²) in [5.41, 5.74) is 6.49. The molecule has 0 amide bonds. The largest absolute Gasteiger partial charge is 0.493 e. The molecular formula is C62H77N3O8. The van der Waals surface area contributed by atoms with Gasteiger partial charge in [-0.3, -0.25) is 0 Å². The quantitative estimate of drug-likeness (QED) is 0.0222. The van der Waals surface area contributed by atoms with Gasteiger partial charge < -0.3 is 32.8 Å². The minimum atomic E-state index is -0.526. The van der Waals surface area contributed by atoms with Crippen LogP contribution in [0.25, 0.3) is 56.1 Å². The maximum Gasteiger partial charge on any atom is 0.343 e. The third-order valence-electron chi connectivity index (χ3n) is 12.8. The van der Waals surface area contributed by atoms with Crippen molar-refractivity contribution in [2.45, 2.75) is 150 Å². The summed E-state index contributed by atoms with van der Waals surface area (Å²) in [5, 5.41) is 0. The minimum absolute atomic E-state index is 0.332. The number of unbranched alkanes of at least 4 members (excludes halogenated alkanes) is 13. The van der Waals surface area contributed by atoms with Crippen LogP contribution >= 0.6 is 0 Å². The average molecular weight is 992 g/mol. The summed E-state index contributed by atoms with van der Waals surface area (Å²) in [6.07, 6.45) is 20.6. The van der Waals surface area contributed by atoms with E-state index in [4.69, 9.17) is 47.8 Å². The highest BCUT2D eigenvalue weighted by molar-refractivity contribution is 5.96. The van der Waals surface area contributed by atoms with Crippen LogP contribution in [-0.4, -0.2) is 54.0 Å². The predicted molar refractivity (Wildman–Crippen MR) is 294 cm³/mol. The molecule has 7 rings (SSSR count). The van der Waals surface area contributed by atoms with Gasteiger partial charge in [-0.2, -0.15) is 0 Å². The second-order valence-corrected chi connectivity index (χ2v) is 18.8. The number of rotatable bonds is 33. The standard InChI is InChI=1S/C62H77N3O8/c1-6-11-16-17-18-19-20-21-22-23-40-67-50-31-33-52-56(44-50)73-61(65-52)45-24-29-49(30-25-45)72-62(66)48-26-32-51-53(41-48)64-60(47-28-35-55(69-37-13-8-3)58(43-47)71-39-15-10-5)59(63-51)46-27-34-54(68-36-12-7-2)57(42-46)70-38-14-9-4/h24-35,41-44H,6-23,36-40H2,1-5H3. The van der Waals surface area contributed by atoms with Gasteiger partial charge in [0.1, 0.15) is 17.0 Å². The first-order valence-electron chi connectivity index (χ1n) is 27.4. The van der Waals surface area contributed by atoms with E-state index < -0.39 is 5.97 Å². The van der Waals surface area contributed by atoms with Gasteiger partial charge >= 0.3 is 5.97 Å². The summed E-state index contributed by atoms with van der Waals surface area (Å²) < 4.78 is 43.3. The average Bonchev–Trinajstić information content (AvgIpc) is 3.84. The monoisotopic (exact) mass is 992 g/mol. The normalized spacial score (nSPS) is 11.3. The van der Waals surface area contributed by atoms with Crippen molar-refractivity contribution >= 4 is 28.1 Å². The number of hydrogen-bond donors (Lipinski definition) is 0. The van der Waals surface area contributed by atoms with Crippen LogP contribution in [0.3, 0.4) is 0 Å². The molecule has 0 aliphatic heterocycles. The maximum absolute atomic E-state index is 13.8. The summed E-state index contributed by atoms with van der Waals surface area (Å²) in [6, 6.07) is 30.0. The molecular weight excluding hydrogens is 915 g/mol. The minimum Gasteiger partial charge on any atom is -0.493 e. The zero-order valence-electron chi connectivity index (χ0n) is 44.1. The van der Waals surface area contributed by atoms with Crippen molar-refractivity contribution < 1.29 is 37.6 Å². The zero-order chi connectivity index (χ0) is 51.0. The van der Waals surface area contributed by atoms with Gasteiger partial charge in [0.15, 0.2) is 28.6 Å². The molecule has 11 heteroatoms. The lowest BCUT2D eigenvalue weighted by Gasteiger charge is -2.17. The number of ether oxygens (including phenoxy) is 6. The molecule has 0 fully saturated rings. The van der Waals surface area contributed by atoms with E-state index in [-0.39, 0.29) is 0 Å². The van der Waals surface area contributed by atoms with Crippen LogP contribution in [-0.2, 0) is 0 Å². The molecule has 73 heavy (non-hydrogen) atoms. The van der Waals surface area contributed by atoms with E-state index in [2.05, 4.69) is 34.6 Å². The van der Waals surface area contributed by atoms with Gasteiger partial charge in [0.2, 0.25) is 5.89 Å². The van der Waals surface area contributed by atoms with Crippen molar-refractivity contribution in [3.8, 4) is 68.5 Å². The Morgan fingerprint density at radius 2 is 0.863 bits per heavy atom. The van der Waals surface area contributed by atoms with E-state index in [0.29, 0.717) is 101 Å². The SMILES string of the molecule is CCCCCCCCCCCCOc1ccc2nc(-c3ccc(OC(=O)c4ccc5nc(-c6ccc(OCCCC)c(OCCCC)c6)c(-c6ccc(OCCCC)c(OCCCC)c6)nc5c4)cc3)oc2c1. The van der Waals surface area contributed by atoms with Gasteiger partial charge in [0.25, 0.3) is 0 Å². The molecule has 0 aliphatic carbocycles. The number of oxazole rings is 1. The van der Waals surface area contributed by atoms with Gasteiger partial charge in [-0.1, -0.05) is 118 Å². The topological polar surface area (TPSA) is 124 Å². The molecule has 0 unspecified atom stereocenters. The number of nitrogens with zero attached hydrogens (tertiary/aromatic N) is 3. The lowest BCUT2D eigenvalue weighted by molar-refractivity contribution is 0.0735. The fraction of sp³-hybridized carbons (Fsp3) is 0.452. The molecule has 0 atom stereocenters. The Bertz CT molecular complexity index is 2790. The van der Waals surface area contributed by atoms with E-state index in [1.807, 2.05) is 72.8 Å². The molecule has 2 heterocycles. The summed E-state index contributed by atoms with van der Waals surface area (Å²) >= 11 is 0. The second kappa shape index (κ2) is 29.2. The summed E-state index contributed by atoms with van der Waals surface area (Å²) in [4.78, 5) is 29.0. The number of fused-ring (bicyclic) bond motifs is 2. The van der Waals surface area contributed by atoms with Crippen LogP contribution in [0, 0.1) is 0 Å². The Labute approximate surface area is 433 Å². The number of carbonyl (C=O) groups is 1. The van der Waals surface area contributed by atoms with E-state index in [0.717, 1.165) is 85.7 Å². The third-order valence-corrected chi connectivity index (χ3v) is 12.8. The zero-order valence-corrected chi connectivity index (χ0v) is 44.1. The Balaban J connectivity index is 1.09. The van der Waals surface area contributed by atoms with E-state index in [1.165, 1.54) is 57.8 Å². The van der Waals surface area contributed by atoms with Crippen molar-refractivity contribution in [2.24, 2.45) is 0 Å². The highest BCUT2D eigenvalue weighted by Gasteiger charge is 2.20. The first kappa shape index (κ1) is 54.2. The molecule has 0 spiro atoms. The highest BCUT2D eigenvalue weighted by Crippen LogP contribution is 2.40. The van der Waals surface area contributed by atoms with Crippen molar-refractivity contribution in [3.63, 3.8) is 0 Å². The summed E-state index contributed by atoms with van der Waals surface area (Å²) in [5.74, 6) is 3.78. The number of esters is 1. The van der Waals surface area contributed by atoms with Gasteiger partial charge in [0.05, 0.1) is 61.0 Å². The van der Waals surface area contributed by atoms with Crippen LogP contribution in [0.1, 0.15) is 161 Å². The molecule has 2 aromatic heterocycles. The van der Waals surface area contributed by atoms with Crippen molar-refractivity contribution in [1.29, 1.82) is 0 Å². The first-order valence-corrected chi connectivity index (χ1v) is 27.4. The van der Waals surface area contributed by atoms with E-state index in [9.17, 15) is 4.79 Å². The molecule has 7 aromatic rings. The smallest absolute Gasteiger partial charge is 0.343 e. The van der Waals surface area contributed by atoms with Crippen LogP contribution in [0.2, 0.25) is 0 Å². The van der Waals surface area contributed by atoms with Crippen molar-refractivity contribution in [3.05, 3.63) is 103 Å². The number of hydrogen-bond acceptors (Lipinski definition) is 11. The number of benzene rings is 5. The second-order valence-electron chi connectivity index (χ2n) is 18.8. The number of carbonyl (C=O) groups excluding carboxylic acids is 1. The molecule has 11 nitrogen and oxygen atoms in total. The molecule has 0 aliphatic rings. The van der Waals surface area contributed by atoms with Crippen molar-refractivity contribution in [2.75, 3.05) is 33.0 Å². The van der Waals surface area contributed by atoms with Gasteiger partial charge in [-0.05, 0) is 123 Å². The Kier molecular flexibility index (Phi) is 21.6. The molecule has 5 aromatic carbocycles. The third kappa shape index (κ3) is 15.9. The number of aromatic nitrogens is 3. The van der Waals surface area contributed by atoms with Crippen LogP contribution in [0.15, 0.2) is 101 Å². The Morgan fingerprint density at radius 1 is 0.397 bits per heavy atom. The molecule has 0 N–H and O–H groups in total. The maximum atomic E-state index is 13.8. The van der Waals surface area contributed by atoms with E-state index >= 15 is 0 Å². The van der Waals surface area contributed by atoms with Crippen LogP contribution in [0.5, 0.6) is 34.5 Å². The highest BCUT2D eigenvalue weighted by atomic mass is 16.5. The molecule has 0 bridgehead atoms. The lowest BCUT2D eigenvalue weighted by atomic mass is 10.0. The molecule has 0 saturated heterocycles. The molecule has 0 saturated carbocycles. The fourth-order valence-corrected chi connectivity index (χ4v) is 8.39. The van der Waals surface area contributed by atoms with Crippen LogP contribution in [0.4, 0.5) is 0 Å². The van der Waals surface area contributed by atoms with Gasteiger partial charge in [-0.25, -0.2) is 19.7 Å². The van der Waals surface area contributed by atoms with Gasteiger partial charge in [0, 0.05) is 22.8 Å². The summed E-state index contributed by atoms with van der Waals surface area (Å²) in [6.45, 7) is 13.8. The summed E-state index contributed by atoms with van der Waals surface area (Å²) in [7, 11) is 0. The van der Waals surface area contributed by atoms with Crippen LogP contribution < -0.4 is 28.4 Å². The Hall–Kier alpha value is -6.62. The van der Waals surface area contributed by atoms with Gasteiger partial charge in [-0.15, -0.1) is 0 Å². The lowest BCUT2D eigenvalue weighted by Crippen LogP contribution is -2.09. The predicted octanol–water partition coefficient (Wildman–Crippen LogP) is 17.0. The first-order chi connectivity index (χ1) is 35.9. The fourth-order valence-electron chi connectivity index (χ4n) is 8.39. The van der Waals surface area contributed by atoms with Crippen molar-refractivity contribution in [1.82, 2.24) is 15.0 Å².